The summed E-state index contributed by atoms with van der Waals surface area (Å²) in [5.74, 6) is -1.57. The van der Waals surface area contributed by atoms with E-state index in [0.29, 0.717) is 16.8 Å². The molecule has 1 aromatic heterocycles. The van der Waals surface area contributed by atoms with Crippen molar-refractivity contribution in [3.05, 3.63) is 57.9 Å². The summed E-state index contributed by atoms with van der Waals surface area (Å²) < 4.78 is 9.87. The number of aromatic amines is 1. The molecule has 148 valence electrons. The van der Waals surface area contributed by atoms with E-state index in [9.17, 15) is 14.4 Å². The van der Waals surface area contributed by atoms with Gasteiger partial charge in [-0.05, 0) is 49.8 Å². The van der Waals surface area contributed by atoms with E-state index in [0.717, 1.165) is 24.8 Å². The van der Waals surface area contributed by atoms with Gasteiger partial charge in [0.05, 0.1) is 18.7 Å². The molecule has 1 atom stereocenters. The minimum Gasteiger partial charge on any atom is -0.465 e. The van der Waals surface area contributed by atoms with E-state index in [1.807, 2.05) is 18.2 Å². The summed E-state index contributed by atoms with van der Waals surface area (Å²) >= 11 is 0. The van der Waals surface area contributed by atoms with E-state index in [-0.39, 0.29) is 24.2 Å². The SMILES string of the molecule is COC(=O)c1c(C)[nH]c(C(=O)OCC(=O)N[C@@H]2CCCc3ccccc32)c1C. The molecule has 1 aromatic carbocycles. The number of methoxy groups -OCH3 is 1. The third-order valence-corrected chi connectivity index (χ3v) is 5.07. The second-order valence-corrected chi connectivity index (χ2v) is 6.90. The Labute approximate surface area is 163 Å². The molecule has 1 aliphatic rings. The summed E-state index contributed by atoms with van der Waals surface area (Å²) in [7, 11) is 1.28. The first kappa shape index (κ1) is 19.7. The van der Waals surface area contributed by atoms with E-state index >= 15 is 0 Å². The number of fused-ring (bicyclic) bond motifs is 1. The molecular weight excluding hydrogens is 360 g/mol. The second-order valence-electron chi connectivity index (χ2n) is 6.90. The summed E-state index contributed by atoms with van der Waals surface area (Å²) in [5.41, 5.74) is 3.76. The zero-order valence-electron chi connectivity index (χ0n) is 16.3. The van der Waals surface area contributed by atoms with Gasteiger partial charge in [-0.3, -0.25) is 4.79 Å². The average Bonchev–Trinajstić information content (AvgIpc) is 3.00. The van der Waals surface area contributed by atoms with Gasteiger partial charge in [-0.1, -0.05) is 24.3 Å². The average molecular weight is 384 g/mol. The number of carbonyl (C=O) groups is 3. The molecule has 7 heteroatoms. The fourth-order valence-electron chi connectivity index (χ4n) is 3.71. The first-order valence-electron chi connectivity index (χ1n) is 9.24. The van der Waals surface area contributed by atoms with Gasteiger partial charge in [-0.25, -0.2) is 9.59 Å². The molecule has 0 unspecified atom stereocenters. The third kappa shape index (κ3) is 3.93. The Morgan fingerprint density at radius 2 is 1.93 bits per heavy atom. The van der Waals surface area contributed by atoms with Crippen LogP contribution in [0.15, 0.2) is 24.3 Å². The maximum absolute atomic E-state index is 12.4. The van der Waals surface area contributed by atoms with Crippen LogP contribution < -0.4 is 5.32 Å². The van der Waals surface area contributed by atoms with E-state index in [2.05, 4.69) is 16.4 Å². The lowest BCUT2D eigenvalue weighted by atomic mass is 9.88. The number of ether oxygens (including phenoxy) is 2. The number of nitrogens with one attached hydrogen (secondary N) is 2. The Morgan fingerprint density at radius 1 is 1.18 bits per heavy atom. The van der Waals surface area contributed by atoms with Gasteiger partial charge in [-0.2, -0.15) is 0 Å². The summed E-state index contributed by atoms with van der Waals surface area (Å²) in [6, 6.07) is 7.97. The Balaban J connectivity index is 1.61. The number of carbonyl (C=O) groups excluding carboxylic acids is 3. The predicted octanol–water partition coefficient (Wildman–Crippen LogP) is 2.77. The maximum atomic E-state index is 12.4. The summed E-state index contributed by atoms with van der Waals surface area (Å²) in [6.45, 7) is 2.91. The standard InChI is InChI=1S/C21H24N2O5/c1-12-18(20(25)27-3)13(2)22-19(12)21(26)28-11-17(24)23-16-10-6-8-14-7-4-5-9-15(14)16/h4-5,7,9,16,22H,6,8,10-11H2,1-3H3,(H,23,24)/t16-/m1/s1. The molecule has 1 heterocycles. The Kier molecular flexibility index (Phi) is 5.82. The quantitative estimate of drug-likeness (QED) is 0.773. The molecule has 2 aromatic rings. The van der Waals surface area contributed by atoms with Crippen LogP contribution in [0.3, 0.4) is 0 Å². The highest BCUT2D eigenvalue weighted by Gasteiger charge is 2.25. The van der Waals surface area contributed by atoms with Gasteiger partial charge in [0.1, 0.15) is 5.69 Å². The number of hydrogen-bond donors (Lipinski definition) is 2. The molecule has 2 N–H and O–H groups in total. The molecule has 28 heavy (non-hydrogen) atoms. The lowest BCUT2D eigenvalue weighted by Crippen LogP contribution is -2.34. The number of aryl methyl sites for hydroxylation is 2. The van der Waals surface area contributed by atoms with Crippen LogP contribution in [0.4, 0.5) is 0 Å². The highest BCUT2D eigenvalue weighted by molar-refractivity contribution is 5.99. The van der Waals surface area contributed by atoms with Gasteiger partial charge in [0, 0.05) is 5.69 Å². The van der Waals surface area contributed by atoms with Crippen molar-refractivity contribution < 1.29 is 23.9 Å². The fraction of sp³-hybridized carbons (Fsp3) is 0.381. The normalized spacial score (nSPS) is 15.5. The van der Waals surface area contributed by atoms with Crippen LogP contribution in [0.2, 0.25) is 0 Å². The van der Waals surface area contributed by atoms with Crippen LogP contribution in [-0.2, 0) is 20.7 Å². The minimum atomic E-state index is -0.685. The summed E-state index contributed by atoms with van der Waals surface area (Å²) in [6.07, 6.45) is 2.86. The molecular formula is C21H24N2O5. The largest absolute Gasteiger partial charge is 0.465 e. The molecule has 0 saturated heterocycles. The van der Waals surface area contributed by atoms with Crippen molar-refractivity contribution in [2.45, 2.75) is 39.2 Å². The molecule has 1 aliphatic carbocycles. The lowest BCUT2D eigenvalue weighted by molar-refractivity contribution is -0.125. The van der Waals surface area contributed by atoms with E-state index in [1.54, 1.807) is 13.8 Å². The van der Waals surface area contributed by atoms with Crippen molar-refractivity contribution >= 4 is 17.8 Å². The number of amides is 1. The number of rotatable bonds is 5. The fourth-order valence-corrected chi connectivity index (χ4v) is 3.71. The molecule has 0 radical (unpaired) electrons. The number of benzene rings is 1. The summed E-state index contributed by atoms with van der Waals surface area (Å²) in [5, 5.41) is 2.94. The van der Waals surface area contributed by atoms with Crippen LogP contribution in [0.5, 0.6) is 0 Å². The van der Waals surface area contributed by atoms with Crippen LogP contribution in [0.25, 0.3) is 0 Å². The monoisotopic (exact) mass is 384 g/mol. The van der Waals surface area contributed by atoms with Crippen molar-refractivity contribution in [2.24, 2.45) is 0 Å². The van der Waals surface area contributed by atoms with Gasteiger partial charge < -0.3 is 19.8 Å². The van der Waals surface area contributed by atoms with E-state index < -0.39 is 11.9 Å². The number of esters is 2. The van der Waals surface area contributed by atoms with Crippen molar-refractivity contribution in [3.63, 3.8) is 0 Å². The van der Waals surface area contributed by atoms with Gasteiger partial charge in [0.15, 0.2) is 6.61 Å². The molecule has 1 amide bonds. The van der Waals surface area contributed by atoms with Gasteiger partial charge in [-0.15, -0.1) is 0 Å². The van der Waals surface area contributed by atoms with Gasteiger partial charge >= 0.3 is 11.9 Å². The number of aromatic nitrogens is 1. The molecule has 7 nitrogen and oxygen atoms in total. The molecule has 0 bridgehead atoms. The van der Waals surface area contributed by atoms with Crippen LogP contribution >= 0.6 is 0 Å². The first-order valence-corrected chi connectivity index (χ1v) is 9.24. The summed E-state index contributed by atoms with van der Waals surface area (Å²) in [4.78, 5) is 39.3. The van der Waals surface area contributed by atoms with Crippen molar-refractivity contribution in [1.29, 1.82) is 0 Å². The Hall–Kier alpha value is -3.09. The van der Waals surface area contributed by atoms with E-state index in [1.165, 1.54) is 12.7 Å². The maximum Gasteiger partial charge on any atom is 0.355 e. The zero-order chi connectivity index (χ0) is 20.3. The minimum absolute atomic E-state index is 0.0726. The molecule has 0 fully saturated rings. The highest BCUT2D eigenvalue weighted by atomic mass is 16.5. The van der Waals surface area contributed by atoms with Gasteiger partial charge in [0.2, 0.25) is 0 Å². The van der Waals surface area contributed by atoms with Crippen molar-refractivity contribution in [2.75, 3.05) is 13.7 Å². The van der Waals surface area contributed by atoms with Crippen molar-refractivity contribution in [1.82, 2.24) is 10.3 Å². The Bertz CT molecular complexity index is 916. The topological polar surface area (TPSA) is 97.5 Å². The lowest BCUT2D eigenvalue weighted by Gasteiger charge is -2.26. The smallest absolute Gasteiger partial charge is 0.355 e. The van der Waals surface area contributed by atoms with Gasteiger partial charge in [0.25, 0.3) is 5.91 Å². The second kappa shape index (κ2) is 8.29. The third-order valence-electron chi connectivity index (χ3n) is 5.07. The highest BCUT2D eigenvalue weighted by Crippen LogP contribution is 2.29. The van der Waals surface area contributed by atoms with Crippen LogP contribution in [0.1, 0.15) is 62.1 Å². The predicted molar refractivity (Wildman–Crippen MR) is 102 cm³/mol. The van der Waals surface area contributed by atoms with Crippen LogP contribution in [-0.4, -0.2) is 36.5 Å². The molecule has 0 spiro atoms. The molecule has 0 aliphatic heterocycles. The van der Waals surface area contributed by atoms with Crippen LogP contribution in [0, 0.1) is 13.8 Å². The Morgan fingerprint density at radius 3 is 2.68 bits per heavy atom. The molecule has 0 saturated carbocycles. The van der Waals surface area contributed by atoms with E-state index in [4.69, 9.17) is 9.47 Å². The first-order chi connectivity index (χ1) is 13.4. The zero-order valence-corrected chi connectivity index (χ0v) is 16.3. The molecule has 3 rings (SSSR count). The number of H-pyrrole nitrogens is 1. The van der Waals surface area contributed by atoms with Crippen molar-refractivity contribution in [3.8, 4) is 0 Å². The number of hydrogen-bond acceptors (Lipinski definition) is 5.